The van der Waals surface area contributed by atoms with Gasteiger partial charge in [-0.25, -0.2) is 0 Å². The zero-order valence-corrected chi connectivity index (χ0v) is 11.3. The van der Waals surface area contributed by atoms with Gasteiger partial charge in [-0.2, -0.15) is 12.7 Å². The fourth-order valence-corrected chi connectivity index (χ4v) is 2.94. The molecule has 0 bridgehead atoms. The molecular formula is C10H16ClN3O2S. The first kappa shape index (κ1) is 14.1. The van der Waals surface area contributed by atoms with E-state index in [4.69, 9.17) is 17.3 Å². The van der Waals surface area contributed by atoms with E-state index >= 15 is 0 Å². The number of nitrogens with zero attached hydrogens (tertiary/aromatic N) is 1. The molecule has 0 aliphatic heterocycles. The van der Waals surface area contributed by atoms with Crippen molar-refractivity contribution in [1.82, 2.24) is 4.31 Å². The van der Waals surface area contributed by atoms with E-state index in [9.17, 15) is 8.42 Å². The largest absolute Gasteiger partial charge is 0.399 e. The molecule has 0 aliphatic carbocycles. The monoisotopic (exact) mass is 277 g/mol. The summed E-state index contributed by atoms with van der Waals surface area (Å²) in [6.07, 6.45) is 0. The van der Waals surface area contributed by atoms with Gasteiger partial charge in [0.25, 0.3) is 0 Å². The Labute approximate surface area is 107 Å². The maximum Gasteiger partial charge on any atom is 0.301 e. The molecule has 0 spiro atoms. The molecule has 0 aromatic heterocycles. The van der Waals surface area contributed by atoms with Crippen LogP contribution in [0.1, 0.15) is 13.8 Å². The molecule has 17 heavy (non-hydrogen) atoms. The van der Waals surface area contributed by atoms with E-state index in [1.54, 1.807) is 26.0 Å². The van der Waals surface area contributed by atoms with Crippen molar-refractivity contribution in [1.29, 1.82) is 0 Å². The number of nitrogen functional groups attached to an aromatic ring is 1. The van der Waals surface area contributed by atoms with Gasteiger partial charge in [-0.15, -0.1) is 0 Å². The molecule has 1 aromatic rings. The number of hydrogen-bond acceptors (Lipinski definition) is 3. The molecule has 3 N–H and O–H groups in total. The zero-order valence-electron chi connectivity index (χ0n) is 9.77. The first-order valence-corrected chi connectivity index (χ1v) is 7.05. The molecule has 0 radical (unpaired) electrons. The van der Waals surface area contributed by atoms with E-state index in [-0.39, 0.29) is 5.02 Å². The lowest BCUT2D eigenvalue weighted by atomic mass is 10.3. The maximum atomic E-state index is 11.9. The molecule has 0 fully saturated rings. The minimum absolute atomic E-state index is 0.278. The van der Waals surface area contributed by atoms with Gasteiger partial charge in [-0.05, 0) is 18.2 Å². The molecule has 0 amide bonds. The Morgan fingerprint density at radius 3 is 2.41 bits per heavy atom. The third kappa shape index (κ3) is 3.49. The van der Waals surface area contributed by atoms with Gasteiger partial charge >= 0.3 is 10.2 Å². The summed E-state index contributed by atoms with van der Waals surface area (Å²) in [6, 6.07) is 4.63. The van der Waals surface area contributed by atoms with Crippen molar-refractivity contribution in [3.8, 4) is 0 Å². The van der Waals surface area contributed by atoms with Gasteiger partial charge in [0.05, 0.1) is 10.7 Å². The lowest BCUT2D eigenvalue weighted by molar-refractivity contribution is 0.449. The van der Waals surface area contributed by atoms with Gasteiger partial charge < -0.3 is 5.73 Å². The Hall–Kier alpha value is -0.980. The lowest BCUT2D eigenvalue weighted by Gasteiger charge is -2.19. The summed E-state index contributed by atoms with van der Waals surface area (Å²) in [7, 11) is -3.55. The normalized spacial score (nSPS) is 11.8. The number of anilines is 2. The standard InChI is InChI=1S/C10H16ClN3O2S/c1-3-14(4-2)17(15,16)13-10-6-5-8(12)7-9(10)11/h5-7,13H,3-4,12H2,1-2H3. The molecular weight excluding hydrogens is 262 g/mol. The number of rotatable bonds is 5. The first-order chi connectivity index (χ1) is 7.90. The van der Waals surface area contributed by atoms with Crippen molar-refractivity contribution >= 4 is 33.2 Å². The molecule has 0 unspecified atom stereocenters. The lowest BCUT2D eigenvalue weighted by Crippen LogP contribution is -2.35. The molecule has 96 valence electrons. The number of hydrogen-bond donors (Lipinski definition) is 2. The fourth-order valence-electron chi connectivity index (χ4n) is 1.38. The van der Waals surface area contributed by atoms with Crippen LogP contribution >= 0.6 is 11.6 Å². The van der Waals surface area contributed by atoms with Crippen LogP contribution < -0.4 is 10.5 Å². The first-order valence-electron chi connectivity index (χ1n) is 5.23. The van der Waals surface area contributed by atoms with Gasteiger partial charge in [0.15, 0.2) is 0 Å². The molecule has 0 saturated carbocycles. The highest BCUT2D eigenvalue weighted by Gasteiger charge is 2.19. The van der Waals surface area contributed by atoms with Crippen LogP contribution in [-0.4, -0.2) is 25.8 Å². The molecule has 7 heteroatoms. The van der Waals surface area contributed by atoms with E-state index in [0.717, 1.165) is 0 Å². The summed E-state index contributed by atoms with van der Waals surface area (Å²) >= 11 is 5.90. The Kier molecular flexibility index (Phi) is 4.62. The Balaban J connectivity index is 2.98. The smallest absolute Gasteiger partial charge is 0.301 e. The van der Waals surface area contributed by atoms with E-state index in [2.05, 4.69) is 4.72 Å². The van der Waals surface area contributed by atoms with E-state index in [1.807, 2.05) is 0 Å². The molecule has 1 rings (SSSR count). The van der Waals surface area contributed by atoms with Gasteiger partial charge in [0, 0.05) is 18.8 Å². The summed E-state index contributed by atoms with van der Waals surface area (Å²) in [5.74, 6) is 0. The van der Waals surface area contributed by atoms with Crippen molar-refractivity contribution in [2.75, 3.05) is 23.5 Å². The quantitative estimate of drug-likeness (QED) is 0.808. The highest BCUT2D eigenvalue weighted by molar-refractivity contribution is 7.90. The number of nitrogens with two attached hydrogens (primary N) is 1. The average Bonchev–Trinajstić information content (AvgIpc) is 2.23. The molecule has 0 atom stereocenters. The van der Waals surface area contributed by atoms with Crippen LogP contribution in [0.25, 0.3) is 0 Å². The van der Waals surface area contributed by atoms with Gasteiger partial charge in [0.1, 0.15) is 0 Å². The maximum absolute atomic E-state index is 11.9. The Bertz CT molecular complexity index is 486. The second-order valence-electron chi connectivity index (χ2n) is 3.43. The van der Waals surface area contributed by atoms with Gasteiger partial charge in [0.2, 0.25) is 0 Å². The summed E-state index contributed by atoms with van der Waals surface area (Å²) < 4.78 is 27.6. The van der Waals surface area contributed by atoms with Crippen LogP contribution in [0.4, 0.5) is 11.4 Å². The SMILES string of the molecule is CCN(CC)S(=O)(=O)Nc1ccc(N)cc1Cl. The van der Waals surface area contributed by atoms with E-state index in [0.29, 0.717) is 24.5 Å². The highest BCUT2D eigenvalue weighted by Crippen LogP contribution is 2.25. The second kappa shape index (κ2) is 5.57. The molecule has 5 nitrogen and oxygen atoms in total. The molecule has 1 aromatic carbocycles. The second-order valence-corrected chi connectivity index (χ2v) is 5.51. The van der Waals surface area contributed by atoms with Crippen LogP contribution in [0, 0.1) is 0 Å². The predicted molar refractivity (Wildman–Crippen MR) is 71.3 cm³/mol. The topological polar surface area (TPSA) is 75.4 Å². The average molecular weight is 278 g/mol. The molecule has 0 saturated heterocycles. The Morgan fingerprint density at radius 2 is 1.94 bits per heavy atom. The number of halogens is 1. The molecule has 0 aliphatic rings. The summed E-state index contributed by atoms with van der Waals surface area (Å²) in [6.45, 7) is 4.34. The third-order valence-electron chi connectivity index (χ3n) is 2.28. The molecule has 0 heterocycles. The van der Waals surface area contributed by atoms with Gasteiger partial charge in [-0.3, -0.25) is 4.72 Å². The highest BCUT2D eigenvalue weighted by atomic mass is 35.5. The summed E-state index contributed by atoms with van der Waals surface area (Å²) in [5, 5.41) is 0.278. The fraction of sp³-hybridized carbons (Fsp3) is 0.400. The zero-order chi connectivity index (χ0) is 13.1. The van der Waals surface area contributed by atoms with E-state index < -0.39 is 10.2 Å². The third-order valence-corrected chi connectivity index (χ3v) is 4.26. The number of nitrogens with one attached hydrogen (secondary N) is 1. The van der Waals surface area contributed by atoms with Crippen LogP contribution in [0.5, 0.6) is 0 Å². The summed E-state index contributed by atoms with van der Waals surface area (Å²) in [5.41, 5.74) is 6.34. The minimum atomic E-state index is -3.55. The van der Waals surface area contributed by atoms with Crippen molar-refractivity contribution in [2.24, 2.45) is 0 Å². The predicted octanol–water partition coefficient (Wildman–Crippen LogP) is 1.92. The van der Waals surface area contributed by atoms with Crippen molar-refractivity contribution in [2.45, 2.75) is 13.8 Å². The van der Waals surface area contributed by atoms with E-state index in [1.165, 1.54) is 10.4 Å². The minimum Gasteiger partial charge on any atom is -0.399 e. The van der Waals surface area contributed by atoms with Crippen LogP contribution in [0.15, 0.2) is 18.2 Å². The Morgan fingerprint density at radius 1 is 1.35 bits per heavy atom. The van der Waals surface area contributed by atoms with Crippen molar-refractivity contribution in [3.05, 3.63) is 23.2 Å². The van der Waals surface area contributed by atoms with Crippen LogP contribution in [0.3, 0.4) is 0 Å². The van der Waals surface area contributed by atoms with Crippen LogP contribution in [-0.2, 0) is 10.2 Å². The van der Waals surface area contributed by atoms with Crippen LogP contribution in [0.2, 0.25) is 5.02 Å². The van der Waals surface area contributed by atoms with Crippen molar-refractivity contribution < 1.29 is 8.42 Å². The number of benzene rings is 1. The van der Waals surface area contributed by atoms with Gasteiger partial charge in [-0.1, -0.05) is 25.4 Å². The summed E-state index contributed by atoms with van der Waals surface area (Å²) in [4.78, 5) is 0. The van der Waals surface area contributed by atoms with Crippen molar-refractivity contribution in [3.63, 3.8) is 0 Å².